The van der Waals surface area contributed by atoms with Crippen molar-refractivity contribution >= 4 is 23.6 Å². The second-order valence-corrected chi connectivity index (χ2v) is 6.23. The van der Waals surface area contributed by atoms with E-state index >= 15 is 0 Å². The zero-order valence-electron chi connectivity index (χ0n) is 10.4. The zero-order valence-corrected chi connectivity index (χ0v) is 11.2. The Morgan fingerprint density at radius 1 is 1.32 bits per heavy atom. The third kappa shape index (κ3) is 2.12. The molecule has 1 unspecified atom stereocenters. The van der Waals surface area contributed by atoms with E-state index in [9.17, 15) is 9.59 Å². The van der Waals surface area contributed by atoms with Gasteiger partial charge in [0.25, 0.3) is 0 Å². The highest BCUT2D eigenvalue weighted by atomic mass is 32.2. The van der Waals surface area contributed by atoms with E-state index in [1.54, 1.807) is 11.8 Å². The number of nitrogens with one attached hydrogen (secondary N) is 1. The van der Waals surface area contributed by atoms with Gasteiger partial charge in [-0.25, -0.2) is 0 Å². The highest BCUT2D eigenvalue weighted by molar-refractivity contribution is 7.99. The highest BCUT2D eigenvalue weighted by Crippen LogP contribution is 2.47. The molecule has 1 heterocycles. The fourth-order valence-corrected chi connectivity index (χ4v) is 3.58. The summed E-state index contributed by atoms with van der Waals surface area (Å²) < 4.78 is 0. The molecule has 5 heteroatoms. The number of hydrogen-bond acceptors (Lipinski definition) is 3. The predicted molar refractivity (Wildman–Crippen MR) is 72.0 cm³/mol. The molecule has 0 bridgehead atoms. The fraction of sp³-hybridized carbons (Fsp3) is 0.429. The Kier molecular flexibility index (Phi) is 3.01. The van der Waals surface area contributed by atoms with Crippen molar-refractivity contribution in [1.29, 1.82) is 0 Å². The van der Waals surface area contributed by atoms with Gasteiger partial charge in [0.2, 0.25) is 5.91 Å². The van der Waals surface area contributed by atoms with Gasteiger partial charge in [0.1, 0.15) is 5.41 Å². The standard InChI is InChI=1S/C14H15NO3S/c16-12(14(6-7-14)13(17)18)15-10-5-8-19-11-4-2-1-3-9(10)11/h1-4,10H,5-8H2,(H,15,16)(H,17,18). The monoisotopic (exact) mass is 277 g/mol. The number of carboxylic acids is 1. The van der Waals surface area contributed by atoms with E-state index in [2.05, 4.69) is 5.32 Å². The van der Waals surface area contributed by atoms with Gasteiger partial charge < -0.3 is 10.4 Å². The molecule has 1 fully saturated rings. The van der Waals surface area contributed by atoms with Gasteiger partial charge in [-0.05, 0) is 30.9 Å². The number of aliphatic carboxylic acids is 1. The van der Waals surface area contributed by atoms with E-state index in [0.717, 1.165) is 17.7 Å². The summed E-state index contributed by atoms with van der Waals surface area (Å²) >= 11 is 1.78. The maximum atomic E-state index is 12.1. The first-order valence-electron chi connectivity index (χ1n) is 6.39. The minimum Gasteiger partial charge on any atom is -0.480 e. The lowest BCUT2D eigenvalue weighted by Gasteiger charge is -2.27. The van der Waals surface area contributed by atoms with Gasteiger partial charge in [-0.3, -0.25) is 9.59 Å². The Morgan fingerprint density at radius 3 is 2.74 bits per heavy atom. The Morgan fingerprint density at radius 2 is 2.05 bits per heavy atom. The molecule has 1 aromatic carbocycles. The lowest BCUT2D eigenvalue weighted by Crippen LogP contribution is -2.40. The Bertz CT molecular complexity index is 539. The Hall–Kier alpha value is -1.49. The molecule has 0 radical (unpaired) electrons. The van der Waals surface area contributed by atoms with Crippen molar-refractivity contribution in [1.82, 2.24) is 5.32 Å². The summed E-state index contributed by atoms with van der Waals surface area (Å²) in [7, 11) is 0. The minimum absolute atomic E-state index is 0.0539. The maximum absolute atomic E-state index is 12.1. The zero-order chi connectivity index (χ0) is 13.5. The van der Waals surface area contributed by atoms with Crippen LogP contribution < -0.4 is 5.32 Å². The summed E-state index contributed by atoms with van der Waals surface area (Å²) in [6.45, 7) is 0. The third-order valence-corrected chi connectivity index (χ3v) is 4.98. The quantitative estimate of drug-likeness (QED) is 0.831. The van der Waals surface area contributed by atoms with Crippen molar-refractivity contribution in [2.24, 2.45) is 5.41 Å². The molecule has 19 heavy (non-hydrogen) atoms. The molecule has 2 aliphatic rings. The summed E-state index contributed by atoms with van der Waals surface area (Å²) in [5, 5.41) is 12.1. The van der Waals surface area contributed by atoms with Gasteiger partial charge in [0.15, 0.2) is 0 Å². The summed E-state index contributed by atoms with van der Waals surface area (Å²) in [5.41, 5.74) is -0.0483. The van der Waals surface area contributed by atoms with Crippen LogP contribution in [0.4, 0.5) is 0 Å². The van der Waals surface area contributed by atoms with E-state index in [-0.39, 0.29) is 11.9 Å². The van der Waals surface area contributed by atoms with Gasteiger partial charge in [0.05, 0.1) is 6.04 Å². The molecule has 1 aromatic rings. The van der Waals surface area contributed by atoms with Crippen LogP contribution in [0.15, 0.2) is 29.2 Å². The van der Waals surface area contributed by atoms with E-state index < -0.39 is 11.4 Å². The number of amides is 1. The van der Waals surface area contributed by atoms with Crippen LogP contribution >= 0.6 is 11.8 Å². The van der Waals surface area contributed by atoms with Crippen LogP contribution in [0.25, 0.3) is 0 Å². The third-order valence-electron chi connectivity index (χ3n) is 3.86. The average molecular weight is 277 g/mol. The molecule has 1 saturated carbocycles. The van der Waals surface area contributed by atoms with Crippen molar-refractivity contribution in [2.75, 3.05) is 5.75 Å². The molecule has 100 valence electrons. The predicted octanol–water partition coefficient (Wildman–Crippen LogP) is 2.20. The number of rotatable bonds is 3. The topological polar surface area (TPSA) is 66.4 Å². The Labute approximate surface area is 115 Å². The van der Waals surface area contributed by atoms with Crippen LogP contribution in [0.3, 0.4) is 0 Å². The molecule has 4 nitrogen and oxygen atoms in total. The van der Waals surface area contributed by atoms with Gasteiger partial charge in [-0.2, -0.15) is 0 Å². The van der Waals surface area contributed by atoms with Gasteiger partial charge >= 0.3 is 5.97 Å². The molecule has 1 aliphatic carbocycles. The van der Waals surface area contributed by atoms with Crippen molar-refractivity contribution in [3.63, 3.8) is 0 Å². The number of carboxylic acid groups (broad SMARTS) is 1. The summed E-state index contributed by atoms with van der Waals surface area (Å²) in [5.74, 6) is -0.377. The van der Waals surface area contributed by atoms with Gasteiger partial charge in [-0.1, -0.05) is 18.2 Å². The second-order valence-electron chi connectivity index (χ2n) is 5.09. The summed E-state index contributed by atoms with van der Waals surface area (Å²) in [4.78, 5) is 24.5. The first-order valence-corrected chi connectivity index (χ1v) is 7.38. The smallest absolute Gasteiger partial charge is 0.319 e. The summed E-state index contributed by atoms with van der Waals surface area (Å²) in [6.07, 6.45) is 1.76. The number of benzene rings is 1. The molecule has 3 rings (SSSR count). The van der Waals surface area contributed by atoms with E-state index in [0.29, 0.717) is 12.8 Å². The second kappa shape index (κ2) is 4.56. The van der Waals surface area contributed by atoms with Crippen molar-refractivity contribution < 1.29 is 14.7 Å². The van der Waals surface area contributed by atoms with Crippen LogP contribution in [0, 0.1) is 5.41 Å². The molecule has 1 atom stereocenters. The average Bonchev–Trinajstić information content (AvgIpc) is 3.20. The molecule has 0 aromatic heterocycles. The van der Waals surface area contributed by atoms with E-state index in [1.165, 1.54) is 4.90 Å². The molecular weight excluding hydrogens is 262 g/mol. The molecule has 0 saturated heterocycles. The molecule has 2 N–H and O–H groups in total. The lowest BCUT2D eigenvalue weighted by atomic mass is 10.0. The number of carbonyl (C=O) groups is 2. The maximum Gasteiger partial charge on any atom is 0.319 e. The molecule has 1 aliphatic heterocycles. The first-order chi connectivity index (χ1) is 9.13. The van der Waals surface area contributed by atoms with Crippen LogP contribution in [0.5, 0.6) is 0 Å². The Balaban J connectivity index is 1.78. The number of hydrogen-bond donors (Lipinski definition) is 2. The molecule has 1 amide bonds. The van der Waals surface area contributed by atoms with E-state index in [4.69, 9.17) is 5.11 Å². The van der Waals surface area contributed by atoms with E-state index in [1.807, 2.05) is 24.3 Å². The van der Waals surface area contributed by atoms with Crippen molar-refractivity contribution in [3.8, 4) is 0 Å². The normalized spacial score (nSPS) is 23.3. The lowest BCUT2D eigenvalue weighted by molar-refractivity contribution is -0.149. The van der Waals surface area contributed by atoms with Crippen LogP contribution in [-0.4, -0.2) is 22.7 Å². The van der Waals surface area contributed by atoms with Crippen LogP contribution in [-0.2, 0) is 9.59 Å². The largest absolute Gasteiger partial charge is 0.480 e. The van der Waals surface area contributed by atoms with Crippen molar-refractivity contribution in [3.05, 3.63) is 29.8 Å². The van der Waals surface area contributed by atoms with Crippen LogP contribution in [0.1, 0.15) is 30.9 Å². The number of thioether (sulfide) groups is 1. The number of carbonyl (C=O) groups excluding carboxylic acids is 1. The van der Waals surface area contributed by atoms with Crippen LogP contribution in [0.2, 0.25) is 0 Å². The molecular formula is C14H15NO3S. The highest BCUT2D eigenvalue weighted by Gasteiger charge is 2.57. The van der Waals surface area contributed by atoms with Crippen molar-refractivity contribution in [2.45, 2.75) is 30.2 Å². The number of fused-ring (bicyclic) bond motifs is 1. The fourth-order valence-electron chi connectivity index (χ4n) is 2.45. The SMILES string of the molecule is O=C(O)C1(C(=O)NC2CCSc3ccccc32)CC1. The molecule has 0 spiro atoms. The summed E-state index contributed by atoms with van der Waals surface area (Å²) in [6, 6.07) is 7.93. The van der Waals surface area contributed by atoms with Gasteiger partial charge in [0, 0.05) is 10.6 Å². The first kappa shape index (κ1) is 12.5. The van der Waals surface area contributed by atoms with Gasteiger partial charge in [-0.15, -0.1) is 11.8 Å². The minimum atomic E-state index is -1.15.